The van der Waals surface area contributed by atoms with E-state index in [1.807, 2.05) is 0 Å². The molecule has 1 aromatic heterocycles. The normalized spacial score (nSPS) is 10.5. The van der Waals surface area contributed by atoms with E-state index in [4.69, 9.17) is 5.73 Å². The maximum absolute atomic E-state index is 11.5. The molecule has 78 valence electrons. The molecule has 0 aliphatic carbocycles. The van der Waals surface area contributed by atoms with Crippen LogP contribution in [-0.2, 0) is 14.1 Å². The standard InChI is InChI=1S/C8H13N3O2S/c1-10-5-6(14-4-3-9)7(12)11(2)8(10)13/h5H,3-4,9H2,1-2H3. The van der Waals surface area contributed by atoms with E-state index in [1.54, 1.807) is 13.2 Å². The number of hydrogen-bond donors (Lipinski definition) is 1. The van der Waals surface area contributed by atoms with Crippen molar-refractivity contribution in [1.29, 1.82) is 0 Å². The van der Waals surface area contributed by atoms with Gasteiger partial charge in [-0.1, -0.05) is 0 Å². The summed E-state index contributed by atoms with van der Waals surface area (Å²) < 4.78 is 2.49. The lowest BCUT2D eigenvalue weighted by atomic mass is 10.6. The highest BCUT2D eigenvalue weighted by atomic mass is 32.2. The second-order valence-electron chi connectivity index (χ2n) is 2.89. The minimum atomic E-state index is -0.313. The number of aromatic nitrogens is 2. The van der Waals surface area contributed by atoms with Crippen LogP contribution in [0.25, 0.3) is 0 Å². The summed E-state index contributed by atoms with van der Waals surface area (Å²) in [5.41, 5.74) is 4.76. The summed E-state index contributed by atoms with van der Waals surface area (Å²) in [6, 6.07) is 0. The van der Waals surface area contributed by atoms with Crippen molar-refractivity contribution in [3.05, 3.63) is 27.0 Å². The molecule has 0 aromatic carbocycles. The minimum absolute atomic E-state index is 0.258. The molecule has 1 rings (SSSR count). The first-order valence-corrected chi connectivity index (χ1v) is 5.16. The van der Waals surface area contributed by atoms with Crippen molar-refractivity contribution in [2.75, 3.05) is 12.3 Å². The molecule has 14 heavy (non-hydrogen) atoms. The number of rotatable bonds is 3. The SMILES string of the molecule is Cn1cc(SCCN)c(=O)n(C)c1=O. The summed E-state index contributed by atoms with van der Waals surface area (Å²) in [6.45, 7) is 0.511. The Morgan fingerprint density at radius 2 is 2.07 bits per heavy atom. The van der Waals surface area contributed by atoms with Crippen LogP contribution in [-0.4, -0.2) is 21.4 Å². The van der Waals surface area contributed by atoms with Gasteiger partial charge < -0.3 is 10.3 Å². The van der Waals surface area contributed by atoms with E-state index >= 15 is 0 Å². The number of hydrogen-bond acceptors (Lipinski definition) is 4. The van der Waals surface area contributed by atoms with Gasteiger partial charge in [0.1, 0.15) is 0 Å². The zero-order valence-electron chi connectivity index (χ0n) is 8.19. The van der Waals surface area contributed by atoms with Gasteiger partial charge in [0.25, 0.3) is 5.56 Å². The van der Waals surface area contributed by atoms with Crippen LogP contribution in [0.2, 0.25) is 0 Å². The predicted molar refractivity (Wildman–Crippen MR) is 56.7 cm³/mol. The summed E-state index contributed by atoms with van der Waals surface area (Å²) in [5, 5.41) is 0. The maximum atomic E-state index is 11.5. The third-order valence-corrected chi connectivity index (χ3v) is 2.82. The monoisotopic (exact) mass is 215 g/mol. The molecule has 5 nitrogen and oxygen atoms in total. The Labute approximate surface area is 85.5 Å². The molecular formula is C8H13N3O2S. The molecule has 0 amide bonds. The van der Waals surface area contributed by atoms with Gasteiger partial charge in [-0.05, 0) is 0 Å². The number of nitrogens with zero attached hydrogens (tertiary/aromatic N) is 2. The van der Waals surface area contributed by atoms with Crippen molar-refractivity contribution in [2.24, 2.45) is 19.8 Å². The third kappa shape index (κ3) is 2.08. The molecule has 0 aliphatic rings. The van der Waals surface area contributed by atoms with Crippen molar-refractivity contribution in [1.82, 2.24) is 9.13 Å². The maximum Gasteiger partial charge on any atom is 0.330 e. The molecule has 0 radical (unpaired) electrons. The predicted octanol–water partition coefficient (Wildman–Crippen LogP) is -0.865. The van der Waals surface area contributed by atoms with Gasteiger partial charge in [0.2, 0.25) is 0 Å². The second kappa shape index (κ2) is 4.47. The van der Waals surface area contributed by atoms with E-state index in [2.05, 4.69) is 0 Å². The summed E-state index contributed by atoms with van der Waals surface area (Å²) in [5.74, 6) is 0.674. The quantitative estimate of drug-likeness (QED) is 0.666. The summed E-state index contributed by atoms with van der Waals surface area (Å²) in [6.07, 6.45) is 1.55. The van der Waals surface area contributed by atoms with Gasteiger partial charge in [-0.2, -0.15) is 0 Å². The van der Waals surface area contributed by atoms with E-state index in [-0.39, 0.29) is 11.2 Å². The molecule has 0 bridgehead atoms. The Morgan fingerprint density at radius 3 is 2.64 bits per heavy atom. The Hall–Kier alpha value is -1.01. The molecule has 0 saturated carbocycles. The molecule has 1 heterocycles. The highest BCUT2D eigenvalue weighted by Gasteiger charge is 2.05. The number of aryl methyl sites for hydroxylation is 1. The summed E-state index contributed by atoms with van der Waals surface area (Å²) >= 11 is 1.37. The average molecular weight is 215 g/mol. The van der Waals surface area contributed by atoms with E-state index < -0.39 is 0 Å². The number of thioether (sulfide) groups is 1. The van der Waals surface area contributed by atoms with Gasteiger partial charge in [-0.3, -0.25) is 9.36 Å². The van der Waals surface area contributed by atoms with Gasteiger partial charge in [0.05, 0.1) is 4.90 Å². The first-order valence-electron chi connectivity index (χ1n) is 4.17. The van der Waals surface area contributed by atoms with Crippen LogP contribution in [0.15, 0.2) is 20.7 Å². The molecule has 0 aliphatic heterocycles. The van der Waals surface area contributed by atoms with Crippen molar-refractivity contribution in [3.8, 4) is 0 Å². The molecule has 0 saturated heterocycles. The average Bonchev–Trinajstić information content (AvgIpc) is 2.18. The fourth-order valence-electron chi connectivity index (χ4n) is 1.04. The molecule has 0 unspecified atom stereocenters. The van der Waals surface area contributed by atoms with Gasteiger partial charge in [0.15, 0.2) is 0 Å². The van der Waals surface area contributed by atoms with Crippen LogP contribution in [0.4, 0.5) is 0 Å². The van der Waals surface area contributed by atoms with Crippen molar-refractivity contribution < 1.29 is 0 Å². The summed E-state index contributed by atoms with van der Waals surface area (Å²) in [4.78, 5) is 23.4. The Kier molecular flexibility index (Phi) is 3.54. The van der Waals surface area contributed by atoms with Gasteiger partial charge in [0, 0.05) is 32.6 Å². The number of nitrogens with two attached hydrogens (primary N) is 1. The third-order valence-electron chi connectivity index (χ3n) is 1.79. The van der Waals surface area contributed by atoms with E-state index in [1.165, 1.54) is 23.4 Å². The van der Waals surface area contributed by atoms with Gasteiger partial charge in [-0.15, -0.1) is 11.8 Å². The fraction of sp³-hybridized carbons (Fsp3) is 0.500. The Morgan fingerprint density at radius 1 is 1.43 bits per heavy atom. The smallest absolute Gasteiger partial charge is 0.330 e. The first-order chi connectivity index (χ1) is 6.57. The molecular weight excluding hydrogens is 202 g/mol. The minimum Gasteiger partial charge on any atom is -0.330 e. The largest absolute Gasteiger partial charge is 0.330 e. The van der Waals surface area contributed by atoms with Crippen molar-refractivity contribution in [2.45, 2.75) is 4.90 Å². The van der Waals surface area contributed by atoms with Crippen LogP contribution in [0, 0.1) is 0 Å². The van der Waals surface area contributed by atoms with Crippen molar-refractivity contribution in [3.63, 3.8) is 0 Å². The highest BCUT2D eigenvalue weighted by molar-refractivity contribution is 7.99. The zero-order valence-corrected chi connectivity index (χ0v) is 9.00. The van der Waals surface area contributed by atoms with Crippen LogP contribution in [0.3, 0.4) is 0 Å². The molecule has 1 aromatic rings. The Balaban J connectivity index is 3.20. The topological polar surface area (TPSA) is 70.0 Å². The second-order valence-corrected chi connectivity index (χ2v) is 4.02. The first kappa shape index (κ1) is 11.1. The van der Waals surface area contributed by atoms with Crippen molar-refractivity contribution >= 4 is 11.8 Å². The molecule has 0 spiro atoms. The molecule has 6 heteroatoms. The fourth-order valence-corrected chi connectivity index (χ4v) is 1.87. The molecule has 0 atom stereocenters. The zero-order chi connectivity index (χ0) is 10.7. The molecule has 0 fully saturated rings. The van der Waals surface area contributed by atoms with Gasteiger partial charge >= 0.3 is 5.69 Å². The summed E-state index contributed by atoms with van der Waals surface area (Å²) in [7, 11) is 3.09. The van der Waals surface area contributed by atoms with E-state index in [0.717, 1.165) is 4.57 Å². The van der Waals surface area contributed by atoms with E-state index in [9.17, 15) is 9.59 Å². The lowest BCUT2D eigenvalue weighted by Crippen LogP contribution is -2.37. The van der Waals surface area contributed by atoms with Gasteiger partial charge in [-0.25, -0.2) is 4.79 Å². The van der Waals surface area contributed by atoms with Crippen LogP contribution >= 0.6 is 11.8 Å². The molecule has 2 N–H and O–H groups in total. The van der Waals surface area contributed by atoms with Crippen LogP contribution < -0.4 is 17.0 Å². The van der Waals surface area contributed by atoms with E-state index in [0.29, 0.717) is 17.2 Å². The lowest BCUT2D eigenvalue weighted by Gasteiger charge is -2.05. The van der Waals surface area contributed by atoms with Crippen LogP contribution in [0.1, 0.15) is 0 Å². The van der Waals surface area contributed by atoms with Crippen LogP contribution in [0.5, 0.6) is 0 Å². The Bertz CT molecular complexity index is 435. The highest BCUT2D eigenvalue weighted by Crippen LogP contribution is 2.09. The lowest BCUT2D eigenvalue weighted by molar-refractivity contribution is 0.662.